The second-order valence-electron chi connectivity index (χ2n) is 5.22. The van der Waals surface area contributed by atoms with Crippen LogP contribution in [0.2, 0.25) is 0 Å². The highest BCUT2D eigenvalue weighted by molar-refractivity contribution is 8.26. The number of thioether (sulfide) groups is 1. The summed E-state index contributed by atoms with van der Waals surface area (Å²) in [5, 5.41) is 0. The van der Waals surface area contributed by atoms with Crippen molar-refractivity contribution in [2.45, 2.75) is 6.92 Å². The minimum atomic E-state index is -0.0908. The van der Waals surface area contributed by atoms with Crippen molar-refractivity contribution >= 4 is 40.1 Å². The second-order valence-corrected chi connectivity index (χ2v) is 6.89. The number of carbonyl (C=O) groups is 2. The largest absolute Gasteiger partial charge is 0.459 e. The number of hydrogen-bond acceptors (Lipinski definition) is 6. The fourth-order valence-electron chi connectivity index (χ4n) is 2.54. The standard InChI is InChI=1S/C15H17N3O3S2/c1-2-18-14(20)12(23-15(18)22)10-16-5-7-17(8-6-16)13(19)11-4-3-9-21-11/h3-4,9-10H,2,5-8H2,1H3. The first-order valence-corrected chi connectivity index (χ1v) is 8.65. The molecule has 2 aliphatic rings. The lowest BCUT2D eigenvalue weighted by molar-refractivity contribution is -0.122. The molecule has 0 bridgehead atoms. The van der Waals surface area contributed by atoms with Crippen molar-refractivity contribution in [1.82, 2.24) is 14.7 Å². The maximum atomic E-state index is 12.2. The van der Waals surface area contributed by atoms with Gasteiger partial charge in [-0.05, 0) is 19.1 Å². The van der Waals surface area contributed by atoms with Crippen molar-refractivity contribution in [3.05, 3.63) is 35.3 Å². The van der Waals surface area contributed by atoms with Crippen molar-refractivity contribution in [2.75, 3.05) is 32.7 Å². The van der Waals surface area contributed by atoms with Crippen LogP contribution >= 0.6 is 24.0 Å². The smallest absolute Gasteiger partial charge is 0.289 e. The van der Waals surface area contributed by atoms with Gasteiger partial charge in [0.05, 0.1) is 11.2 Å². The molecule has 2 saturated heterocycles. The molecule has 0 radical (unpaired) electrons. The first kappa shape index (κ1) is 16.1. The number of likely N-dealkylation sites (N-methyl/N-ethyl adjacent to an activating group) is 1. The Morgan fingerprint density at radius 1 is 1.39 bits per heavy atom. The lowest BCUT2D eigenvalue weighted by atomic mass is 10.3. The molecule has 0 aromatic carbocycles. The van der Waals surface area contributed by atoms with E-state index in [1.54, 1.807) is 21.9 Å². The molecule has 3 rings (SSSR count). The summed E-state index contributed by atoms with van der Waals surface area (Å²) in [6.07, 6.45) is 3.36. The molecular weight excluding hydrogens is 334 g/mol. The Morgan fingerprint density at radius 3 is 2.70 bits per heavy atom. The number of hydrogen-bond donors (Lipinski definition) is 0. The lowest BCUT2D eigenvalue weighted by Crippen LogP contribution is -2.46. The van der Waals surface area contributed by atoms with Gasteiger partial charge in [0.25, 0.3) is 11.8 Å². The molecule has 0 unspecified atom stereocenters. The predicted molar refractivity (Wildman–Crippen MR) is 91.8 cm³/mol. The topological polar surface area (TPSA) is 57.0 Å². The van der Waals surface area contributed by atoms with E-state index in [0.29, 0.717) is 47.7 Å². The van der Waals surface area contributed by atoms with Crippen LogP contribution < -0.4 is 0 Å². The van der Waals surface area contributed by atoms with Crippen LogP contribution in [0.4, 0.5) is 0 Å². The van der Waals surface area contributed by atoms with Crippen LogP contribution in [0.25, 0.3) is 0 Å². The third kappa shape index (κ3) is 3.28. The Kier molecular flexibility index (Phi) is 4.72. The van der Waals surface area contributed by atoms with Crippen molar-refractivity contribution in [3.63, 3.8) is 0 Å². The molecule has 2 aliphatic heterocycles. The second kappa shape index (κ2) is 6.76. The van der Waals surface area contributed by atoms with E-state index in [1.165, 1.54) is 18.0 Å². The first-order chi connectivity index (χ1) is 11.1. The highest BCUT2D eigenvalue weighted by Crippen LogP contribution is 2.31. The van der Waals surface area contributed by atoms with Crippen LogP contribution in [0.3, 0.4) is 0 Å². The van der Waals surface area contributed by atoms with E-state index in [9.17, 15) is 9.59 Å². The zero-order chi connectivity index (χ0) is 16.4. The molecule has 0 spiro atoms. The average Bonchev–Trinajstić information content (AvgIpc) is 3.17. The van der Waals surface area contributed by atoms with Crippen LogP contribution in [0.5, 0.6) is 0 Å². The third-order valence-corrected chi connectivity index (χ3v) is 5.19. The van der Waals surface area contributed by atoms with Crippen LogP contribution in [-0.2, 0) is 4.79 Å². The van der Waals surface area contributed by atoms with Gasteiger partial charge in [-0.25, -0.2) is 0 Å². The Hall–Kier alpha value is -1.80. The van der Waals surface area contributed by atoms with Crippen LogP contribution in [0.15, 0.2) is 33.9 Å². The molecule has 0 N–H and O–H groups in total. The molecule has 2 fully saturated rings. The normalized spacial score (nSPS) is 20.7. The summed E-state index contributed by atoms with van der Waals surface area (Å²) in [7, 11) is 0. The Balaban J connectivity index is 1.59. The van der Waals surface area contributed by atoms with E-state index in [4.69, 9.17) is 16.6 Å². The van der Waals surface area contributed by atoms with Crippen molar-refractivity contribution in [3.8, 4) is 0 Å². The number of rotatable bonds is 3. The number of furan rings is 1. The predicted octanol–water partition coefficient (Wildman–Crippen LogP) is 1.76. The van der Waals surface area contributed by atoms with Crippen LogP contribution in [0.1, 0.15) is 17.5 Å². The van der Waals surface area contributed by atoms with Crippen molar-refractivity contribution < 1.29 is 14.0 Å². The minimum Gasteiger partial charge on any atom is -0.459 e. The van der Waals surface area contributed by atoms with Crippen LogP contribution in [-0.4, -0.2) is 63.6 Å². The molecular formula is C15H17N3O3S2. The zero-order valence-corrected chi connectivity index (χ0v) is 14.4. The summed E-state index contributed by atoms with van der Waals surface area (Å²) < 4.78 is 5.76. The molecule has 3 heterocycles. The SMILES string of the molecule is CCN1C(=O)C(=CN2CCN(C(=O)c3ccco3)CC2)SC1=S. The van der Waals surface area contributed by atoms with Crippen LogP contribution in [0, 0.1) is 0 Å². The fourth-order valence-corrected chi connectivity index (χ4v) is 3.93. The monoisotopic (exact) mass is 351 g/mol. The van der Waals surface area contributed by atoms with Gasteiger partial charge < -0.3 is 14.2 Å². The summed E-state index contributed by atoms with van der Waals surface area (Å²) in [5.41, 5.74) is 0. The van der Waals surface area contributed by atoms with Gasteiger partial charge in [-0.3, -0.25) is 14.5 Å². The molecule has 1 aromatic rings. The number of thiocarbonyl (C=S) groups is 1. The Bertz CT molecular complexity index is 649. The number of carbonyl (C=O) groups excluding carboxylic acids is 2. The molecule has 1 aromatic heterocycles. The highest BCUT2D eigenvalue weighted by atomic mass is 32.2. The Morgan fingerprint density at radius 2 is 2.13 bits per heavy atom. The van der Waals surface area contributed by atoms with Gasteiger partial charge in [-0.1, -0.05) is 24.0 Å². The quantitative estimate of drug-likeness (QED) is 0.611. The van der Waals surface area contributed by atoms with Gasteiger partial charge in [0, 0.05) is 38.9 Å². The number of piperazine rings is 1. The van der Waals surface area contributed by atoms with E-state index >= 15 is 0 Å². The molecule has 23 heavy (non-hydrogen) atoms. The van der Waals surface area contributed by atoms with E-state index in [0.717, 1.165) is 0 Å². The van der Waals surface area contributed by atoms with Gasteiger partial charge in [-0.2, -0.15) is 0 Å². The van der Waals surface area contributed by atoms with E-state index < -0.39 is 0 Å². The number of amides is 2. The van der Waals surface area contributed by atoms with Gasteiger partial charge in [0.2, 0.25) is 0 Å². The molecule has 8 heteroatoms. The third-order valence-electron chi connectivity index (χ3n) is 3.82. The molecule has 2 amide bonds. The summed E-state index contributed by atoms with van der Waals surface area (Å²) >= 11 is 6.54. The van der Waals surface area contributed by atoms with E-state index in [1.807, 2.05) is 13.1 Å². The van der Waals surface area contributed by atoms with E-state index in [-0.39, 0.29) is 11.8 Å². The number of nitrogens with zero attached hydrogens (tertiary/aromatic N) is 3. The van der Waals surface area contributed by atoms with Crippen molar-refractivity contribution in [1.29, 1.82) is 0 Å². The first-order valence-electron chi connectivity index (χ1n) is 7.42. The van der Waals surface area contributed by atoms with Gasteiger partial charge in [0.15, 0.2) is 5.76 Å². The molecule has 0 atom stereocenters. The van der Waals surface area contributed by atoms with Gasteiger partial charge >= 0.3 is 0 Å². The summed E-state index contributed by atoms with van der Waals surface area (Å²) in [4.78, 5) is 30.5. The maximum Gasteiger partial charge on any atom is 0.289 e. The highest BCUT2D eigenvalue weighted by Gasteiger charge is 2.32. The fraction of sp³-hybridized carbons (Fsp3) is 0.400. The Labute approximate surface area is 144 Å². The molecule has 0 saturated carbocycles. The lowest BCUT2D eigenvalue weighted by Gasteiger charge is -2.33. The van der Waals surface area contributed by atoms with E-state index in [2.05, 4.69) is 4.90 Å². The van der Waals surface area contributed by atoms with Gasteiger partial charge in [-0.15, -0.1) is 0 Å². The van der Waals surface area contributed by atoms with Crippen molar-refractivity contribution in [2.24, 2.45) is 0 Å². The molecule has 122 valence electrons. The summed E-state index contributed by atoms with van der Waals surface area (Å²) in [6, 6.07) is 3.38. The zero-order valence-electron chi connectivity index (χ0n) is 12.7. The maximum absolute atomic E-state index is 12.2. The van der Waals surface area contributed by atoms with Gasteiger partial charge in [0.1, 0.15) is 4.32 Å². The minimum absolute atomic E-state index is 0.0309. The summed E-state index contributed by atoms with van der Waals surface area (Å²) in [6.45, 7) is 5.07. The summed E-state index contributed by atoms with van der Waals surface area (Å²) in [5.74, 6) is 0.241. The molecule has 6 nitrogen and oxygen atoms in total. The average molecular weight is 351 g/mol. The molecule has 0 aliphatic carbocycles.